The number of pyridine rings is 2. The van der Waals surface area contributed by atoms with E-state index in [2.05, 4.69) is 31.0 Å². The maximum atomic E-state index is 11.5. The molecule has 0 aliphatic heterocycles. The van der Waals surface area contributed by atoms with Crippen molar-refractivity contribution >= 4 is 24.2 Å². The van der Waals surface area contributed by atoms with E-state index >= 15 is 0 Å². The Balaban J connectivity index is 1.71. The quantitative estimate of drug-likeness (QED) is 0.459. The van der Waals surface area contributed by atoms with Gasteiger partial charge >= 0.3 is 0 Å². The summed E-state index contributed by atoms with van der Waals surface area (Å²) in [6.07, 6.45) is 5.59. The topological polar surface area (TPSA) is 109 Å². The van der Waals surface area contributed by atoms with Crippen molar-refractivity contribution in [2.75, 3.05) is 0 Å². The number of amides is 2. The van der Waals surface area contributed by atoms with Gasteiger partial charge in [-0.25, -0.2) is 10.9 Å². The molecule has 0 fully saturated rings. The maximum absolute atomic E-state index is 11.5. The number of carbonyl (C=O) groups excluding carboxylic acids is 2. The predicted octanol–water partition coefficient (Wildman–Crippen LogP) is 0.467. The fourth-order valence-electron chi connectivity index (χ4n) is 1.47. The maximum Gasteiger partial charge on any atom is 0.249 e. The summed E-state index contributed by atoms with van der Waals surface area (Å²) in [6, 6.07) is 10.6. The number of hydrazone groups is 2. The van der Waals surface area contributed by atoms with Crippen LogP contribution in [0.4, 0.5) is 0 Å². The van der Waals surface area contributed by atoms with Crippen LogP contribution in [-0.4, -0.2) is 34.2 Å². The van der Waals surface area contributed by atoms with Gasteiger partial charge in [0.1, 0.15) is 6.42 Å². The van der Waals surface area contributed by atoms with Gasteiger partial charge in [-0.1, -0.05) is 12.1 Å². The molecule has 8 nitrogen and oxygen atoms in total. The van der Waals surface area contributed by atoms with Crippen molar-refractivity contribution in [3.8, 4) is 0 Å². The molecule has 2 aromatic rings. The molecule has 0 aliphatic rings. The van der Waals surface area contributed by atoms with E-state index in [1.165, 1.54) is 12.4 Å². The van der Waals surface area contributed by atoms with Crippen LogP contribution in [0, 0.1) is 0 Å². The highest BCUT2D eigenvalue weighted by atomic mass is 16.2. The van der Waals surface area contributed by atoms with E-state index in [0.717, 1.165) is 0 Å². The van der Waals surface area contributed by atoms with Crippen molar-refractivity contribution in [1.82, 2.24) is 20.8 Å². The number of nitrogens with zero attached hydrogens (tertiary/aromatic N) is 4. The van der Waals surface area contributed by atoms with E-state index in [9.17, 15) is 9.59 Å². The average Bonchev–Trinajstić information content (AvgIpc) is 2.57. The highest BCUT2D eigenvalue weighted by Crippen LogP contribution is 1.89. The average molecular weight is 310 g/mol. The summed E-state index contributed by atoms with van der Waals surface area (Å²) in [4.78, 5) is 31.0. The lowest BCUT2D eigenvalue weighted by Gasteiger charge is -1.99. The Morgan fingerprint density at radius 2 is 1.35 bits per heavy atom. The molecule has 116 valence electrons. The van der Waals surface area contributed by atoms with Crippen LogP contribution in [0.1, 0.15) is 17.8 Å². The summed E-state index contributed by atoms with van der Waals surface area (Å²) in [7, 11) is 0. The number of rotatable bonds is 6. The van der Waals surface area contributed by atoms with Crippen molar-refractivity contribution in [1.29, 1.82) is 0 Å². The van der Waals surface area contributed by atoms with Gasteiger partial charge in [0, 0.05) is 12.4 Å². The van der Waals surface area contributed by atoms with E-state index in [4.69, 9.17) is 0 Å². The Kier molecular flexibility index (Phi) is 6.09. The van der Waals surface area contributed by atoms with Gasteiger partial charge in [-0.15, -0.1) is 0 Å². The van der Waals surface area contributed by atoms with Crippen LogP contribution >= 0.6 is 0 Å². The monoisotopic (exact) mass is 310 g/mol. The molecule has 0 aliphatic carbocycles. The van der Waals surface area contributed by atoms with Crippen molar-refractivity contribution in [2.45, 2.75) is 6.42 Å². The van der Waals surface area contributed by atoms with Crippen LogP contribution in [0.3, 0.4) is 0 Å². The van der Waals surface area contributed by atoms with Gasteiger partial charge in [0.15, 0.2) is 0 Å². The lowest BCUT2D eigenvalue weighted by Crippen LogP contribution is -2.27. The molecule has 0 bridgehead atoms. The first-order valence-electron chi connectivity index (χ1n) is 6.70. The molecular weight excluding hydrogens is 296 g/mol. The second-order valence-electron chi connectivity index (χ2n) is 4.27. The smallest absolute Gasteiger partial charge is 0.249 e. The third-order valence-electron chi connectivity index (χ3n) is 2.47. The summed E-state index contributed by atoms with van der Waals surface area (Å²) in [5.74, 6) is -1.11. The number of nitrogens with one attached hydrogen (secondary N) is 2. The first kappa shape index (κ1) is 16.0. The summed E-state index contributed by atoms with van der Waals surface area (Å²) < 4.78 is 0. The van der Waals surface area contributed by atoms with E-state index < -0.39 is 11.8 Å². The van der Waals surface area contributed by atoms with E-state index in [1.54, 1.807) is 48.8 Å². The standard InChI is InChI=1S/C15H14N6O2/c22-14(20-18-10-12-5-1-3-7-16-12)9-15(23)21-19-11-13-6-2-4-8-17-13/h1-8,10-11H,9H2,(H,20,22)(H,21,23)/b18-10+,19-11+. The summed E-state index contributed by atoms with van der Waals surface area (Å²) >= 11 is 0. The van der Waals surface area contributed by atoms with Crippen LogP contribution in [0.5, 0.6) is 0 Å². The zero-order valence-electron chi connectivity index (χ0n) is 12.1. The molecule has 2 rings (SSSR count). The van der Waals surface area contributed by atoms with Crippen molar-refractivity contribution in [3.63, 3.8) is 0 Å². The minimum atomic E-state index is -0.553. The molecule has 0 spiro atoms. The van der Waals surface area contributed by atoms with Gasteiger partial charge in [0.25, 0.3) is 0 Å². The van der Waals surface area contributed by atoms with Crippen molar-refractivity contribution in [2.24, 2.45) is 10.2 Å². The Labute approximate surface area is 132 Å². The minimum absolute atomic E-state index is 0.390. The summed E-state index contributed by atoms with van der Waals surface area (Å²) in [5, 5.41) is 7.41. The summed E-state index contributed by atoms with van der Waals surface area (Å²) in [6.45, 7) is 0. The third-order valence-corrected chi connectivity index (χ3v) is 2.47. The van der Waals surface area contributed by atoms with E-state index in [1.807, 2.05) is 0 Å². The fourth-order valence-corrected chi connectivity index (χ4v) is 1.47. The molecule has 0 radical (unpaired) electrons. The molecule has 0 aromatic carbocycles. The van der Waals surface area contributed by atoms with Crippen LogP contribution in [0.15, 0.2) is 59.0 Å². The molecule has 0 saturated carbocycles. The Bertz CT molecular complexity index is 639. The second-order valence-corrected chi connectivity index (χ2v) is 4.27. The van der Waals surface area contributed by atoms with Crippen molar-refractivity contribution in [3.05, 3.63) is 60.2 Å². The van der Waals surface area contributed by atoms with Crippen molar-refractivity contribution < 1.29 is 9.59 Å². The Morgan fingerprint density at radius 1 is 0.870 bits per heavy atom. The molecule has 2 amide bonds. The molecule has 2 N–H and O–H groups in total. The lowest BCUT2D eigenvalue weighted by atomic mass is 10.4. The first-order valence-corrected chi connectivity index (χ1v) is 6.70. The molecule has 0 atom stereocenters. The molecule has 23 heavy (non-hydrogen) atoms. The van der Waals surface area contributed by atoms with E-state index in [-0.39, 0.29) is 6.42 Å². The van der Waals surface area contributed by atoms with Gasteiger partial charge in [-0.3, -0.25) is 19.6 Å². The second kappa shape index (κ2) is 8.78. The van der Waals surface area contributed by atoms with E-state index in [0.29, 0.717) is 11.4 Å². The number of hydrogen-bond donors (Lipinski definition) is 2. The summed E-state index contributed by atoms with van der Waals surface area (Å²) in [5.41, 5.74) is 5.66. The molecule has 8 heteroatoms. The zero-order chi connectivity index (χ0) is 16.3. The Morgan fingerprint density at radius 3 is 1.74 bits per heavy atom. The highest BCUT2D eigenvalue weighted by molar-refractivity contribution is 5.97. The predicted molar refractivity (Wildman–Crippen MR) is 84.6 cm³/mol. The van der Waals surface area contributed by atoms with Crippen LogP contribution in [-0.2, 0) is 9.59 Å². The van der Waals surface area contributed by atoms with Gasteiger partial charge < -0.3 is 0 Å². The van der Waals surface area contributed by atoms with Gasteiger partial charge in [0.2, 0.25) is 11.8 Å². The minimum Gasteiger partial charge on any atom is -0.273 e. The number of carbonyl (C=O) groups is 2. The molecular formula is C15H14N6O2. The molecule has 2 aromatic heterocycles. The zero-order valence-corrected chi connectivity index (χ0v) is 12.1. The van der Waals surface area contributed by atoms with Gasteiger partial charge in [0.05, 0.1) is 23.8 Å². The lowest BCUT2D eigenvalue weighted by molar-refractivity contribution is -0.129. The van der Waals surface area contributed by atoms with Crippen LogP contribution in [0.2, 0.25) is 0 Å². The third kappa shape index (κ3) is 6.25. The van der Waals surface area contributed by atoms with Gasteiger partial charge in [-0.05, 0) is 24.3 Å². The van der Waals surface area contributed by atoms with Crippen LogP contribution < -0.4 is 10.9 Å². The fraction of sp³-hybridized carbons (Fsp3) is 0.0667. The molecule has 0 saturated heterocycles. The van der Waals surface area contributed by atoms with Crippen LogP contribution in [0.25, 0.3) is 0 Å². The number of aromatic nitrogens is 2. The first-order chi connectivity index (χ1) is 11.2. The normalized spacial score (nSPS) is 10.8. The Hall–Kier alpha value is -3.42. The number of hydrogen-bond acceptors (Lipinski definition) is 6. The molecule has 2 heterocycles. The van der Waals surface area contributed by atoms with Gasteiger partial charge in [-0.2, -0.15) is 10.2 Å². The largest absolute Gasteiger partial charge is 0.273 e. The molecule has 0 unspecified atom stereocenters. The highest BCUT2D eigenvalue weighted by Gasteiger charge is 2.07. The SMILES string of the molecule is O=C(CC(=O)N/N=C/c1ccccn1)N/N=C/c1ccccn1.